The van der Waals surface area contributed by atoms with Crippen LogP contribution < -0.4 is 5.73 Å². The van der Waals surface area contributed by atoms with E-state index >= 15 is 0 Å². The second-order valence-electron chi connectivity index (χ2n) is 3.27. The predicted molar refractivity (Wildman–Crippen MR) is 41.2 cm³/mol. The monoisotopic (exact) mass is 177 g/mol. The molecule has 0 unspecified atom stereocenters. The van der Waals surface area contributed by atoms with Crippen LogP contribution in [0.3, 0.4) is 0 Å². The molecule has 72 valence electrons. The Hall–Kier alpha value is -0.200. The van der Waals surface area contributed by atoms with E-state index in [2.05, 4.69) is 0 Å². The lowest BCUT2D eigenvalue weighted by molar-refractivity contribution is -0.155. The third-order valence-electron chi connectivity index (χ3n) is 2.42. The van der Waals surface area contributed by atoms with Crippen LogP contribution in [0.2, 0.25) is 0 Å². The summed E-state index contributed by atoms with van der Waals surface area (Å²) < 4.78 is 0. The molecular weight excluding hydrogens is 162 g/mol. The molecule has 1 rings (SSSR count). The first-order valence-electron chi connectivity index (χ1n) is 4.00. The van der Waals surface area contributed by atoms with E-state index < -0.39 is 24.4 Å². The van der Waals surface area contributed by atoms with Crippen LogP contribution in [0.15, 0.2) is 0 Å². The van der Waals surface area contributed by atoms with Crippen LogP contribution in [0.1, 0.15) is 6.42 Å². The van der Waals surface area contributed by atoms with Gasteiger partial charge in [-0.2, -0.15) is 0 Å². The first kappa shape index (κ1) is 9.88. The molecule has 6 N–H and O–H groups in total. The minimum atomic E-state index is -1.29. The highest BCUT2D eigenvalue weighted by molar-refractivity contribution is 4.92. The van der Waals surface area contributed by atoms with Crippen LogP contribution in [-0.2, 0) is 0 Å². The molecule has 1 aliphatic carbocycles. The average molecular weight is 177 g/mol. The quantitative estimate of drug-likeness (QED) is 0.302. The highest BCUT2D eigenvalue weighted by Gasteiger charge is 2.40. The summed E-state index contributed by atoms with van der Waals surface area (Å²) in [5.41, 5.74) is 5.30. The molecular formula is C7H15NO4. The van der Waals surface area contributed by atoms with E-state index in [9.17, 15) is 15.3 Å². The molecule has 1 fully saturated rings. The molecule has 0 spiro atoms. The van der Waals surface area contributed by atoms with Gasteiger partial charge in [-0.05, 0) is 13.0 Å². The normalized spacial score (nSPS) is 49.2. The van der Waals surface area contributed by atoms with Crippen molar-refractivity contribution in [2.45, 2.75) is 30.8 Å². The molecule has 0 aromatic carbocycles. The van der Waals surface area contributed by atoms with E-state index in [0.29, 0.717) is 0 Å². The van der Waals surface area contributed by atoms with Crippen LogP contribution in [0.4, 0.5) is 0 Å². The fourth-order valence-corrected chi connectivity index (χ4v) is 1.53. The van der Waals surface area contributed by atoms with Crippen molar-refractivity contribution in [3.63, 3.8) is 0 Å². The second kappa shape index (κ2) is 3.68. The topological polar surface area (TPSA) is 107 Å². The van der Waals surface area contributed by atoms with Crippen molar-refractivity contribution in [2.24, 2.45) is 11.7 Å². The summed E-state index contributed by atoms with van der Waals surface area (Å²) in [4.78, 5) is 0. The Balaban J connectivity index is 2.63. The number of aliphatic hydroxyl groups excluding tert-OH is 4. The van der Waals surface area contributed by atoms with Crippen molar-refractivity contribution in [3.05, 3.63) is 0 Å². The smallest absolute Gasteiger partial charge is 0.109 e. The van der Waals surface area contributed by atoms with Crippen LogP contribution >= 0.6 is 0 Å². The van der Waals surface area contributed by atoms with Gasteiger partial charge < -0.3 is 26.2 Å². The first-order chi connectivity index (χ1) is 5.57. The minimum Gasteiger partial charge on any atom is -0.390 e. The van der Waals surface area contributed by atoms with Gasteiger partial charge in [0.05, 0.1) is 12.2 Å². The van der Waals surface area contributed by atoms with Crippen molar-refractivity contribution < 1.29 is 20.4 Å². The van der Waals surface area contributed by atoms with Crippen LogP contribution in [-0.4, -0.2) is 51.4 Å². The summed E-state index contributed by atoms with van der Waals surface area (Å²) in [5.74, 6) is -0.335. The second-order valence-corrected chi connectivity index (χ2v) is 3.27. The maximum atomic E-state index is 9.32. The van der Waals surface area contributed by atoms with Gasteiger partial charge in [-0.3, -0.25) is 0 Å². The molecule has 1 aliphatic rings. The van der Waals surface area contributed by atoms with E-state index in [1.807, 2.05) is 0 Å². The molecule has 1 saturated carbocycles. The lowest BCUT2D eigenvalue weighted by Crippen LogP contribution is -2.55. The van der Waals surface area contributed by atoms with Crippen molar-refractivity contribution in [2.75, 3.05) is 6.54 Å². The molecule has 0 bridgehead atoms. The van der Waals surface area contributed by atoms with Gasteiger partial charge in [-0.15, -0.1) is 0 Å². The highest BCUT2D eigenvalue weighted by Crippen LogP contribution is 2.24. The van der Waals surface area contributed by atoms with Crippen molar-refractivity contribution in [1.29, 1.82) is 0 Å². The third-order valence-corrected chi connectivity index (χ3v) is 2.42. The first-order valence-corrected chi connectivity index (χ1v) is 4.00. The Kier molecular flexibility index (Phi) is 3.03. The standard InChI is InChI=1S/C7H15NO4/c8-2-3-1-4(9)6(11)7(12)5(3)10/h3-7,9-12H,1-2,8H2/t3-,4+,5+,6+,7+/m1/s1. The molecule has 0 aliphatic heterocycles. The zero-order valence-electron chi connectivity index (χ0n) is 6.67. The summed E-state index contributed by atoms with van der Waals surface area (Å²) in [6, 6.07) is 0. The van der Waals surface area contributed by atoms with Crippen LogP contribution in [0.25, 0.3) is 0 Å². The Bertz CT molecular complexity index is 150. The van der Waals surface area contributed by atoms with Gasteiger partial charge in [0.1, 0.15) is 12.2 Å². The van der Waals surface area contributed by atoms with E-state index in [4.69, 9.17) is 10.8 Å². The third kappa shape index (κ3) is 1.60. The summed E-state index contributed by atoms with van der Waals surface area (Å²) in [5, 5.41) is 36.8. The van der Waals surface area contributed by atoms with E-state index in [-0.39, 0.29) is 18.9 Å². The molecule has 5 atom stereocenters. The highest BCUT2D eigenvalue weighted by atomic mass is 16.4. The molecule has 12 heavy (non-hydrogen) atoms. The fourth-order valence-electron chi connectivity index (χ4n) is 1.53. The van der Waals surface area contributed by atoms with Crippen LogP contribution in [0.5, 0.6) is 0 Å². The summed E-state index contributed by atoms with van der Waals surface area (Å²) in [6.07, 6.45) is -4.34. The van der Waals surface area contributed by atoms with Gasteiger partial charge in [-0.1, -0.05) is 0 Å². The van der Waals surface area contributed by atoms with Gasteiger partial charge in [0, 0.05) is 5.92 Å². The summed E-state index contributed by atoms with van der Waals surface area (Å²) in [7, 11) is 0. The summed E-state index contributed by atoms with van der Waals surface area (Å²) in [6.45, 7) is 0.196. The van der Waals surface area contributed by atoms with E-state index in [0.717, 1.165) is 0 Å². The number of hydrogen-bond acceptors (Lipinski definition) is 5. The number of rotatable bonds is 1. The van der Waals surface area contributed by atoms with Gasteiger partial charge >= 0.3 is 0 Å². The SMILES string of the molecule is NC[C@H]1C[C@H](O)[C@H](O)[C@@H](O)[C@H]1O. The molecule has 5 heteroatoms. The lowest BCUT2D eigenvalue weighted by Gasteiger charge is -2.37. The lowest BCUT2D eigenvalue weighted by atomic mass is 9.81. The molecule has 0 amide bonds. The number of hydrogen-bond donors (Lipinski definition) is 5. The van der Waals surface area contributed by atoms with Crippen LogP contribution in [0, 0.1) is 5.92 Å². The molecule has 0 aromatic rings. The Morgan fingerprint density at radius 2 is 1.58 bits per heavy atom. The number of aliphatic hydroxyl groups is 4. The molecule has 0 radical (unpaired) electrons. The fraction of sp³-hybridized carbons (Fsp3) is 1.00. The average Bonchev–Trinajstić information content (AvgIpc) is 2.08. The van der Waals surface area contributed by atoms with Crippen molar-refractivity contribution in [3.8, 4) is 0 Å². The van der Waals surface area contributed by atoms with E-state index in [1.165, 1.54) is 0 Å². The molecule has 0 heterocycles. The van der Waals surface area contributed by atoms with Crippen molar-refractivity contribution in [1.82, 2.24) is 0 Å². The zero-order valence-corrected chi connectivity index (χ0v) is 6.67. The van der Waals surface area contributed by atoms with Gasteiger partial charge in [-0.25, -0.2) is 0 Å². The minimum absolute atomic E-state index is 0.196. The van der Waals surface area contributed by atoms with E-state index in [1.54, 1.807) is 0 Å². The largest absolute Gasteiger partial charge is 0.390 e. The Labute approximate surface area is 70.4 Å². The Morgan fingerprint density at radius 1 is 1.00 bits per heavy atom. The number of nitrogens with two attached hydrogens (primary N) is 1. The maximum Gasteiger partial charge on any atom is 0.109 e. The van der Waals surface area contributed by atoms with Gasteiger partial charge in [0.15, 0.2) is 0 Å². The predicted octanol–water partition coefficient (Wildman–Crippen LogP) is -2.59. The van der Waals surface area contributed by atoms with Crippen molar-refractivity contribution >= 4 is 0 Å². The molecule has 5 nitrogen and oxygen atoms in total. The zero-order chi connectivity index (χ0) is 9.30. The van der Waals surface area contributed by atoms with Gasteiger partial charge in [0.25, 0.3) is 0 Å². The molecule has 0 saturated heterocycles. The maximum absolute atomic E-state index is 9.32. The molecule has 0 aromatic heterocycles. The summed E-state index contributed by atoms with van der Waals surface area (Å²) >= 11 is 0. The van der Waals surface area contributed by atoms with Gasteiger partial charge in [0.2, 0.25) is 0 Å². The Morgan fingerprint density at radius 3 is 2.08 bits per heavy atom.